The van der Waals surface area contributed by atoms with Gasteiger partial charge in [-0.2, -0.15) is 0 Å². The molecule has 21 heavy (non-hydrogen) atoms. The van der Waals surface area contributed by atoms with Gasteiger partial charge in [0.2, 0.25) is 0 Å². The zero-order valence-corrected chi connectivity index (χ0v) is 13.0. The largest absolute Gasteiger partial charge is 0.481 e. The Morgan fingerprint density at radius 1 is 1.05 bits per heavy atom. The number of carboxylic acids is 1. The van der Waals surface area contributed by atoms with Crippen LogP contribution < -0.4 is 10.6 Å². The average molecular weight is 296 g/mol. The van der Waals surface area contributed by atoms with Crippen LogP contribution in [0.15, 0.2) is 0 Å². The second-order valence-corrected chi connectivity index (χ2v) is 6.93. The number of carbonyl (C=O) groups excluding carboxylic acids is 1. The Kier molecular flexibility index (Phi) is 5.12. The van der Waals surface area contributed by atoms with Crippen LogP contribution in [0.3, 0.4) is 0 Å². The van der Waals surface area contributed by atoms with Crippen LogP contribution in [0.1, 0.15) is 71.1 Å². The molecule has 0 aromatic rings. The quantitative estimate of drug-likeness (QED) is 0.705. The topological polar surface area (TPSA) is 78.4 Å². The van der Waals surface area contributed by atoms with Crippen molar-refractivity contribution in [3.63, 3.8) is 0 Å². The van der Waals surface area contributed by atoms with Gasteiger partial charge in [0.15, 0.2) is 0 Å². The van der Waals surface area contributed by atoms with E-state index >= 15 is 0 Å². The summed E-state index contributed by atoms with van der Waals surface area (Å²) in [6.45, 7) is 2.88. The molecule has 0 bridgehead atoms. The maximum Gasteiger partial charge on any atom is 0.315 e. The molecule has 0 atom stereocenters. The Hall–Kier alpha value is -1.26. The van der Waals surface area contributed by atoms with E-state index in [4.69, 9.17) is 5.11 Å². The molecule has 120 valence electrons. The van der Waals surface area contributed by atoms with Crippen molar-refractivity contribution in [3.05, 3.63) is 0 Å². The number of hydrogen-bond donors (Lipinski definition) is 3. The molecular formula is C16H28N2O3. The van der Waals surface area contributed by atoms with Crippen molar-refractivity contribution in [2.75, 3.05) is 6.54 Å². The minimum atomic E-state index is -0.832. The number of aliphatic carboxylic acids is 1. The Morgan fingerprint density at radius 3 is 2.19 bits per heavy atom. The summed E-state index contributed by atoms with van der Waals surface area (Å²) >= 11 is 0. The van der Waals surface area contributed by atoms with E-state index < -0.39 is 11.5 Å². The first-order chi connectivity index (χ1) is 9.99. The second kappa shape index (κ2) is 6.67. The number of hydrogen-bond acceptors (Lipinski definition) is 2. The van der Waals surface area contributed by atoms with Crippen molar-refractivity contribution in [1.82, 2.24) is 10.6 Å². The molecule has 2 aliphatic carbocycles. The summed E-state index contributed by atoms with van der Waals surface area (Å²) in [4.78, 5) is 23.3. The van der Waals surface area contributed by atoms with Gasteiger partial charge in [0.25, 0.3) is 0 Å². The SMILES string of the molecule is CCC1(CNC(=O)NC2(CC(=O)O)CCCCC2)CCC1. The number of urea groups is 1. The smallest absolute Gasteiger partial charge is 0.315 e. The molecular weight excluding hydrogens is 268 g/mol. The molecule has 0 aromatic carbocycles. The monoisotopic (exact) mass is 296 g/mol. The van der Waals surface area contributed by atoms with Crippen LogP contribution in [-0.2, 0) is 4.79 Å². The molecule has 0 unspecified atom stereocenters. The first-order valence-electron chi connectivity index (χ1n) is 8.27. The van der Waals surface area contributed by atoms with E-state index in [2.05, 4.69) is 17.6 Å². The molecule has 0 radical (unpaired) electrons. The lowest BCUT2D eigenvalue weighted by Crippen LogP contribution is -2.55. The van der Waals surface area contributed by atoms with Crippen molar-refractivity contribution < 1.29 is 14.7 Å². The molecule has 0 heterocycles. The van der Waals surface area contributed by atoms with Crippen LogP contribution in [0.5, 0.6) is 0 Å². The predicted molar refractivity (Wildman–Crippen MR) is 81.2 cm³/mol. The minimum Gasteiger partial charge on any atom is -0.481 e. The Bertz CT molecular complexity index is 379. The van der Waals surface area contributed by atoms with E-state index in [1.807, 2.05) is 0 Å². The maximum atomic E-state index is 12.2. The van der Waals surface area contributed by atoms with E-state index in [-0.39, 0.29) is 17.9 Å². The van der Waals surface area contributed by atoms with Crippen LogP contribution in [0.4, 0.5) is 4.79 Å². The Morgan fingerprint density at radius 2 is 1.71 bits per heavy atom. The number of rotatable bonds is 6. The van der Waals surface area contributed by atoms with Crippen molar-refractivity contribution in [2.24, 2.45) is 5.41 Å². The molecule has 2 amide bonds. The van der Waals surface area contributed by atoms with Crippen molar-refractivity contribution in [2.45, 2.75) is 76.7 Å². The van der Waals surface area contributed by atoms with Gasteiger partial charge < -0.3 is 15.7 Å². The summed E-state index contributed by atoms with van der Waals surface area (Å²) in [5.74, 6) is -0.832. The van der Waals surface area contributed by atoms with Gasteiger partial charge in [-0.1, -0.05) is 32.6 Å². The molecule has 5 nitrogen and oxygen atoms in total. The zero-order chi connectivity index (χ0) is 15.3. The van der Waals surface area contributed by atoms with Gasteiger partial charge in [-0.3, -0.25) is 4.79 Å². The number of carboxylic acid groups (broad SMARTS) is 1. The third kappa shape index (κ3) is 4.11. The summed E-state index contributed by atoms with van der Waals surface area (Å²) in [6, 6.07) is -0.196. The summed E-state index contributed by atoms with van der Waals surface area (Å²) in [5, 5.41) is 15.1. The van der Waals surface area contributed by atoms with Crippen molar-refractivity contribution in [1.29, 1.82) is 0 Å². The minimum absolute atomic E-state index is 0.0271. The summed E-state index contributed by atoms with van der Waals surface area (Å²) in [6.07, 6.45) is 9.39. The Labute approximate surface area is 126 Å². The van der Waals surface area contributed by atoms with E-state index in [1.165, 1.54) is 19.3 Å². The van der Waals surface area contributed by atoms with Gasteiger partial charge in [-0.25, -0.2) is 4.79 Å². The van der Waals surface area contributed by atoms with Gasteiger partial charge in [0.1, 0.15) is 0 Å². The van der Waals surface area contributed by atoms with Crippen LogP contribution >= 0.6 is 0 Å². The molecule has 0 aliphatic heterocycles. The second-order valence-electron chi connectivity index (χ2n) is 6.93. The molecule has 2 fully saturated rings. The molecule has 0 aromatic heterocycles. The highest BCUT2D eigenvalue weighted by molar-refractivity contribution is 5.76. The normalized spacial score (nSPS) is 22.9. The van der Waals surface area contributed by atoms with Crippen LogP contribution in [0, 0.1) is 5.41 Å². The lowest BCUT2D eigenvalue weighted by Gasteiger charge is -2.42. The molecule has 3 N–H and O–H groups in total. The van der Waals surface area contributed by atoms with Gasteiger partial charge in [-0.05, 0) is 37.5 Å². The molecule has 5 heteroatoms. The lowest BCUT2D eigenvalue weighted by atomic mass is 9.67. The first-order valence-corrected chi connectivity index (χ1v) is 8.27. The molecule has 2 saturated carbocycles. The van der Waals surface area contributed by atoms with Gasteiger partial charge in [0, 0.05) is 6.54 Å². The van der Waals surface area contributed by atoms with E-state index in [1.54, 1.807) is 0 Å². The summed E-state index contributed by atoms with van der Waals surface area (Å²) < 4.78 is 0. The maximum absolute atomic E-state index is 12.2. The predicted octanol–water partition coefficient (Wildman–Crippen LogP) is 3.04. The number of amides is 2. The zero-order valence-electron chi connectivity index (χ0n) is 13.0. The fraction of sp³-hybridized carbons (Fsp3) is 0.875. The van der Waals surface area contributed by atoms with Gasteiger partial charge >= 0.3 is 12.0 Å². The summed E-state index contributed by atoms with van der Waals surface area (Å²) in [7, 11) is 0. The van der Waals surface area contributed by atoms with Crippen molar-refractivity contribution >= 4 is 12.0 Å². The Balaban J connectivity index is 1.87. The standard InChI is InChI=1S/C16H28N2O3/c1-2-15(7-6-8-15)12-17-14(21)18-16(11-13(19)20)9-4-3-5-10-16/h2-12H2,1H3,(H,19,20)(H2,17,18,21). The highest BCUT2D eigenvalue weighted by Gasteiger charge is 2.38. The van der Waals surface area contributed by atoms with Gasteiger partial charge in [0.05, 0.1) is 12.0 Å². The third-order valence-corrected chi connectivity index (χ3v) is 5.47. The van der Waals surface area contributed by atoms with E-state index in [9.17, 15) is 9.59 Å². The molecule has 0 saturated heterocycles. The molecule has 2 aliphatic rings. The summed E-state index contributed by atoms with van der Waals surface area (Å²) in [5.41, 5.74) is -0.267. The van der Waals surface area contributed by atoms with E-state index in [0.717, 1.165) is 38.5 Å². The number of carbonyl (C=O) groups is 2. The number of nitrogens with one attached hydrogen (secondary N) is 2. The molecule has 0 spiro atoms. The first kappa shape index (κ1) is 16.1. The average Bonchev–Trinajstić information content (AvgIpc) is 2.37. The van der Waals surface area contributed by atoms with Crippen LogP contribution in [0.25, 0.3) is 0 Å². The molecule has 2 rings (SSSR count). The lowest BCUT2D eigenvalue weighted by molar-refractivity contribution is -0.139. The fourth-order valence-electron chi connectivity index (χ4n) is 3.75. The van der Waals surface area contributed by atoms with Crippen molar-refractivity contribution in [3.8, 4) is 0 Å². The fourth-order valence-corrected chi connectivity index (χ4v) is 3.75. The highest BCUT2D eigenvalue weighted by atomic mass is 16.4. The van der Waals surface area contributed by atoms with Crippen LogP contribution in [-0.4, -0.2) is 29.2 Å². The van der Waals surface area contributed by atoms with Crippen LogP contribution in [0.2, 0.25) is 0 Å². The third-order valence-electron chi connectivity index (χ3n) is 5.47. The van der Waals surface area contributed by atoms with E-state index in [0.29, 0.717) is 6.54 Å². The highest BCUT2D eigenvalue weighted by Crippen LogP contribution is 2.43. The van der Waals surface area contributed by atoms with Gasteiger partial charge in [-0.15, -0.1) is 0 Å².